The third kappa shape index (κ3) is 5.35. The van der Waals surface area contributed by atoms with E-state index in [0.29, 0.717) is 0 Å². The Bertz CT molecular complexity index is 871. The summed E-state index contributed by atoms with van der Waals surface area (Å²) in [6.07, 6.45) is 0. The summed E-state index contributed by atoms with van der Waals surface area (Å²) >= 11 is 0. The monoisotopic (exact) mass is 399 g/mol. The van der Waals surface area contributed by atoms with E-state index in [1.807, 2.05) is 13.8 Å². The minimum absolute atomic E-state index is 0.0225. The molecular formula is C23H29NO5. The quantitative estimate of drug-likeness (QED) is 0.494. The van der Waals surface area contributed by atoms with Crippen molar-refractivity contribution < 1.29 is 24.5 Å². The average Bonchev–Trinajstić information content (AvgIpc) is 2.72. The minimum Gasteiger partial charge on any atom is -0.507 e. The normalized spacial score (nSPS) is 11.2. The average molecular weight is 399 g/mol. The molecule has 0 aliphatic carbocycles. The first kappa shape index (κ1) is 22.4. The van der Waals surface area contributed by atoms with Gasteiger partial charge in [0.05, 0.1) is 24.3 Å². The second kappa shape index (κ2) is 9.56. The summed E-state index contributed by atoms with van der Waals surface area (Å²) in [5, 5.41) is 19.8. The summed E-state index contributed by atoms with van der Waals surface area (Å²) < 4.78 is 5.30. The standard InChI is InChI=1S/C23H29NO5/c1-5-24(6-2)16-11-12-19(20(26)13-16)21(27)17-9-7-8-10-18(17)22(28)29-15-23(3,4)14-25/h7-13,25-26H,5-6,14-15H2,1-4H3. The SMILES string of the molecule is CCN(CC)c1ccc(C(=O)c2ccccc2C(=O)OCC(C)(C)CO)c(O)c1. The Labute approximate surface area is 171 Å². The molecule has 2 rings (SSSR count). The number of esters is 1. The number of aliphatic hydroxyl groups excluding tert-OH is 1. The molecule has 0 fully saturated rings. The number of aliphatic hydroxyl groups is 1. The molecule has 0 aliphatic rings. The van der Waals surface area contributed by atoms with Crippen molar-refractivity contribution in [1.82, 2.24) is 0 Å². The number of hydrogen-bond acceptors (Lipinski definition) is 6. The lowest BCUT2D eigenvalue weighted by molar-refractivity contribution is 0.0217. The molecule has 0 bridgehead atoms. The molecule has 29 heavy (non-hydrogen) atoms. The van der Waals surface area contributed by atoms with Crippen molar-refractivity contribution >= 4 is 17.4 Å². The first-order chi connectivity index (χ1) is 13.7. The topological polar surface area (TPSA) is 87.1 Å². The van der Waals surface area contributed by atoms with E-state index < -0.39 is 17.2 Å². The molecule has 2 aromatic rings. The molecule has 156 valence electrons. The molecule has 0 saturated carbocycles. The largest absolute Gasteiger partial charge is 0.507 e. The zero-order chi connectivity index (χ0) is 21.6. The molecule has 0 saturated heterocycles. The van der Waals surface area contributed by atoms with Gasteiger partial charge in [-0.05, 0) is 32.0 Å². The zero-order valence-corrected chi connectivity index (χ0v) is 17.4. The van der Waals surface area contributed by atoms with Crippen LogP contribution in [0.2, 0.25) is 0 Å². The third-order valence-corrected chi connectivity index (χ3v) is 4.77. The first-order valence-corrected chi connectivity index (χ1v) is 9.73. The van der Waals surface area contributed by atoms with Gasteiger partial charge in [0.2, 0.25) is 0 Å². The molecule has 2 aromatic carbocycles. The van der Waals surface area contributed by atoms with Gasteiger partial charge < -0.3 is 19.8 Å². The number of anilines is 1. The van der Waals surface area contributed by atoms with Gasteiger partial charge in [-0.25, -0.2) is 4.79 Å². The molecule has 0 aliphatic heterocycles. The molecule has 0 radical (unpaired) electrons. The van der Waals surface area contributed by atoms with Crippen LogP contribution in [0.3, 0.4) is 0 Å². The van der Waals surface area contributed by atoms with Gasteiger partial charge in [-0.1, -0.05) is 32.0 Å². The van der Waals surface area contributed by atoms with E-state index in [0.717, 1.165) is 18.8 Å². The number of benzene rings is 2. The number of ketones is 1. The van der Waals surface area contributed by atoms with Gasteiger partial charge in [-0.2, -0.15) is 0 Å². The molecule has 0 heterocycles. The van der Waals surface area contributed by atoms with E-state index in [-0.39, 0.29) is 35.7 Å². The van der Waals surface area contributed by atoms with Crippen molar-refractivity contribution in [2.45, 2.75) is 27.7 Å². The van der Waals surface area contributed by atoms with Gasteiger partial charge in [0.15, 0.2) is 5.78 Å². The highest BCUT2D eigenvalue weighted by Gasteiger charge is 2.24. The van der Waals surface area contributed by atoms with Crippen LogP contribution in [0, 0.1) is 5.41 Å². The van der Waals surface area contributed by atoms with Crippen LogP contribution in [-0.2, 0) is 4.74 Å². The van der Waals surface area contributed by atoms with Crippen LogP contribution in [-0.4, -0.2) is 48.3 Å². The molecule has 0 spiro atoms. The molecule has 0 atom stereocenters. The maximum Gasteiger partial charge on any atom is 0.338 e. The predicted octanol–water partition coefficient (Wildman–Crippen LogP) is 3.64. The fourth-order valence-electron chi connectivity index (χ4n) is 2.89. The summed E-state index contributed by atoms with van der Waals surface area (Å²) in [7, 11) is 0. The highest BCUT2D eigenvalue weighted by molar-refractivity contribution is 6.15. The number of carbonyl (C=O) groups excluding carboxylic acids is 2. The van der Waals surface area contributed by atoms with Crippen molar-refractivity contribution in [2.75, 3.05) is 31.2 Å². The van der Waals surface area contributed by atoms with Crippen LogP contribution >= 0.6 is 0 Å². The molecule has 0 aromatic heterocycles. The fraction of sp³-hybridized carbons (Fsp3) is 0.391. The van der Waals surface area contributed by atoms with Gasteiger partial charge >= 0.3 is 5.97 Å². The summed E-state index contributed by atoms with van der Waals surface area (Å²) in [5.41, 5.74) is 0.649. The van der Waals surface area contributed by atoms with Gasteiger partial charge in [0, 0.05) is 35.8 Å². The fourth-order valence-corrected chi connectivity index (χ4v) is 2.89. The third-order valence-electron chi connectivity index (χ3n) is 4.77. The maximum absolute atomic E-state index is 13.0. The van der Waals surface area contributed by atoms with E-state index >= 15 is 0 Å². The van der Waals surface area contributed by atoms with Crippen LogP contribution < -0.4 is 4.90 Å². The number of hydrogen-bond donors (Lipinski definition) is 2. The Kier molecular flexibility index (Phi) is 7.40. The number of nitrogens with zero attached hydrogens (tertiary/aromatic N) is 1. The summed E-state index contributed by atoms with van der Waals surface area (Å²) in [6, 6.07) is 11.3. The molecule has 0 amide bonds. The molecule has 6 nitrogen and oxygen atoms in total. The molecular weight excluding hydrogens is 370 g/mol. The lowest BCUT2D eigenvalue weighted by Crippen LogP contribution is -2.26. The lowest BCUT2D eigenvalue weighted by Gasteiger charge is -2.22. The van der Waals surface area contributed by atoms with Crippen molar-refractivity contribution in [2.24, 2.45) is 5.41 Å². The Balaban J connectivity index is 2.32. The summed E-state index contributed by atoms with van der Waals surface area (Å²) in [4.78, 5) is 27.7. The zero-order valence-electron chi connectivity index (χ0n) is 17.4. The smallest absolute Gasteiger partial charge is 0.338 e. The Morgan fingerprint density at radius 1 is 1.00 bits per heavy atom. The minimum atomic E-state index is -0.644. The number of phenolic OH excluding ortho intramolecular Hbond substituents is 1. The molecule has 0 unspecified atom stereocenters. The summed E-state index contributed by atoms with van der Waals surface area (Å²) in [6.45, 7) is 9.02. The van der Waals surface area contributed by atoms with Crippen LogP contribution in [0.4, 0.5) is 5.69 Å². The predicted molar refractivity (Wildman–Crippen MR) is 113 cm³/mol. The van der Waals surface area contributed by atoms with Crippen LogP contribution in [0.1, 0.15) is 54.0 Å². The molecule has 2 N–H and O–H groups in total. The van der Waals surface area contributed by atoms with Crippen LogP contribution in [0.25, 0.3) is 0 Å². The highest BCUT2D eigenvalue weighted by Crippen LogP contribution is 2.28. The van der Waals surface area contributed by atoms with Crippen molar-refractivity contribution in [1.29, 1.82) is 0 Å². The van der Waals surface area contributed by atoms with Crippen molar-refractivity contribution in [3.8, 4) is 5.75 Å². The second-order valence-corrected chi connectivity index (χ2v) is 7.65. The van der Waals surface area contributed by atoms with E-state index in [1.54, 1.807) is 44.2 Å². The summed E-state index contributed by atoms with van der Waals surface area (Å²) in [5.74, 6) is -1.23. The first-order valence-electron chi connectivity index (χ1n) is 9.73. The van der Waals surface area contributed by atoms with E-state index in [1.165, 1.54) is 12.1 Å². The number of phenols is 1. The number of carbonyl (C=O) groups is 2. The Morgan fingerprint density at radius 3 is 2.17 bits per heavy atom. The second-order valence-electron chi connectivity index (χ2n) is 7.65. The number of rotatable bonds is 9. The van der Waals surface area contributed by atoms with Crippen LogP contribution in [0.15, 0.2) is 42.5 Å². The van der Waals surface area contributed by atoms with Gasteiger partial charge in [0.25, 0.3) is 0 Å². The van der Waals surface area contributed by atoms with E-state index in [4.69, 9.17) is 4.74 Å². The Morgan fingerprint density at radius 2 is 1.62 bits per heavy atom. The maximum atomic E-state index is 13.0. The van der Waals surface area contributed by atoms with Crippen molar-refractivity contribution in [3.05, 3.63) is 59.2 Å². The number of ether oxygens (including phenoxy) is 1. The highest BCUT2D eigenvalue weighted by atomic mass is 16.5. The Hall–Kier alpha value is -2.86. The molecule has 6 heteroatoms. The van der Waals surface area contributed by atoms with E-state index in [2.05, 4.69) is 4.90 Å². The van der Waals surface area contributed by atoms with Gasteiger partial charge in [-0.3, -0.25) is 4.79 Å². The van der Waals surface area contributed by atoms with Gasteiger partial charge in [0.1, 0.15) is 5.75 Å². The van der Waals surface area contributed by atoms with Crippen LogP contribution in [0.5, 0.6) is 5.75 Å². The van der Waals surface area contributed by atoms with E-state index in [9.17, 15) is 19.8 Å². The van der Waals surface area contributed by atoms with Gasteiger partial charge in [-0.15, -0.1) is 0 Å². The van der Waals surface area contributed by atoms with Crippen molar-refractivity contribution in [3.63, 3.8) is 0 Å². The lowest BCUT2D eigenvalue weighted by atomic mass is 9.96. The number of aromatic hydroxyl groups is 1.